The van der Waals surface area contributed by atoms with E-state index in [1.807, 2.05) is 36.4 Å². The molecule has 172 valence electrons. The third-order valence-electron chi connectivity index (χ3n) is 6.33. The van der Waals surface area contributed by atoms with Crippen LogP contribution >= 0.6 is 0 Å². The summed E-state index contributed by atoms with van der Waals surface area (Å²) in [5.41, 5.74) is 5.77. The molecule has 0 aliphatic carbocycles. The van der Waals surface area contributed by atoms with Crippen LogP contribution in [0.3, 0.4) is 0 Å². The molecule has 1 amide bonds. The topological polar surface area (TPSA) is 41.6 Å². The summed E-state index contributed by atoms with van der Waals surface area (Å²) in [6.45, 7) is 6.28. The largest absolute Gasteiger partial charge is 0.497 e. The van der Waals surface area contributed by atoms with E-state index in [9.17, 15) is 4.79 Å². The summed E-state index contributed by atoms with van der Waals surface area (Å²) < 4.78 is 5.27. The Labute approximate surface area is 197 Å². The Bertz CT molecular complexity index is 1060. The lowest BCUT2D eigenvalue weighted by Gasteiger charge is -2.31. The van der Waals surface area contributed by atoms with E-state index in [0.29, 0.717) is 11.5 Å². The number of benzene rings is 3. The third kappa shape index (κ3) is 5.75. The number of para-hydroxylation sites is 1. The number of hydrogen-bond donors (Lipinski definition) is 1. The highest BCUT2D eigenvalue weighted by Crippen LogP contribution is 2.28. The van der Waals surface area contributed by atoms with Gasteiger partial charge >= 0.3 is 0 Å². The summed E-state index contributed by atoms with van der Waals surface area (Å²) in [4.78, 5) is 15.5. The van der Waals surface area contributed by atoms with Gasteiger partial charge in [-0.15, -0.1) is 0 Å². The molecule has 0 saturated carbocycles. The Morgan fingerprint density at radius 2 is 1.73 bits per heavy atom. The van der Waals surface area contributed by atoms with Crippen LogP contribution in [0.1, 0.15) is 59.8 Å². The molecule has 3 aromatic carbocycles. The van der Waals surface area contributed by atoms with E-state index in [0.717, 1.165) is 37.2 Å². The van der Waals surface area contributed by atoms with Gasteiger partial charge < -0.3 is 15.0 Å². The Morgan fingerprint density at radius 3 is 2.42 bits per heavy atom. The van der Waals surface area contributed by atoms with Gasteiger partial charge in [-0.25, -0.2) is 0 Å². The van der Waals surface area contributed by atoms with Crippen LogP contribution < -0.4 is 15.0 Å². The smallest absolute Gasteiger partial charge is 0.251 e. The second kappa shape index (κ2) is 10.6. The minimum Gasteiger partial charge on any atom is -0.497 e. The van der Waals surface area contributed by atoms with Crippen LogP contribution in [0.2, 0.25) is 0 Å². The highest BCUT2D eigenvalue weighted by molar-refractivity contribution is 5.94. The number of anilines is 1. The fourth-order valence-corrected chi connectivity index (χ4v) is 4.59. The summed E-state index contributed by atoms with van der Waals surface area (Å²) in [6, 6.07) is 24.6. The first kappa shape index (κ1) is 22.9. The average Bonchev–Trinajstić information content (AvgIpc) is 2.84. The monoisotopic (exact) mass is 442 g/mol. The lowest BCUT2D eigenvalue weighted by atomic mass is 9.96. The lowest BCUT2D eigenvalue weighted by molar-refractivity contribution is 0.0932. The number of methoxy groups -OCH3 is 1. The van der Waals surface area contributed by atoms with Gasteiger partial charge in [0.2, 0.25) is 0 Å². The maximum Gasteiger partial charge on any atom is 0.251 e. The van der Waals surface area contributed by atoms with Crippen molar-refractivity contribution in [2.45, 2.75) is 45.7 Å². The van der Waals surface area contributed by atoms with Crippen LogP contribution in [0.15, 0.2) is 72.8 Å². The van der Waals surface area contributed by atoms with Crippen molar-refractivity contribution in [2.24, 2.45) is 5.92 Å². The fraction of sp³-hybridized carbons (Fsp3) is 0.345. The van der Waals surface area contributed by atoms with Gasteiger partial charge in [-0.1, -0.05) is 56.3 Å². The Morgan fingerprint density at radius 1 is 1.00 bits per heavy atom. The maximum atomic E-state index is 13.1. The van der Waals surface area contributed by atoms with Crippen molar-refractivity contribution in [3.63, 3.8) is 0 Å². The summed E-state index contributed by atoms with van der Waals surface area (Å²) in [6.07, 6.45) is 3.21. The molecule has 1 N–H and O–H groups in total. The van der Waals surface area contributed by atoms with Crippen molar-refractivity contribution in [3.05, 3.63) is 95.1 Å². The first-order valence-electron chi connectivity index (χ1n) is 11.9. The van der Waals surface area contributed by atoms with Crippen LogP contribution in [-0.4, -0.2) is 19.6 Å². The molecule has 1 heterocycles. The fourth-order valence-electron chi connectivity index (χ4n) is 4.59. The molecular formula is C29H34N2O2. The Balaban J connectivity index is 1.43. The number of aryl methyl sites for hydroxylation is 1. The number of carbonyl (C=O) groups excluding carboxylic acids is 1. The standard InChI is InChI=1S/C29H34N2O2/c1-21(2)19-27(23-14-16-26(33-3)17-15-23)30-29(32)25-12-10-22(11-13-25)20-31-18-6-8-24-7-4-5-9-28(24)31/h4-5,7,9-17,21,27H,6,8,18-20H2,1-3H3,(H,30,32)/t27-/m0/s1. The summed E-state index contributed by atoms with van der Waals surface area (Å²) >= 11 is 0. The highest BCUT2D eigenvalue weighted by atomic mass is 16.5. The highest BCUT2D eigenvalue weighted by Gasteiger charge is 2.19. The number of carbonyl (C=O) groups is 1. The molecule has 1 aliphatic heterocycles. The van der Waals surface area contributed by atoms with Gasteiger partial charge in [0.1, 0.15) is 5.75 Å². The predicted molar refractivity (Wildman–Crippen MR) is 135 cm³/mol. The van der Waals surface area contributed by atoms with Gasteiger partial charge in [-0.3, -0.25) is 4.79 Å². The first-order chi connectivity index (χ1) is 16.0. The molecule has 0 bridgehead atoms. The number of nitrogens with one attached hydrogen (secondary N) is 1. The van der Waals surface area contributed by atoms with Crippen LogP contribution in [0.25, 0.3) is 0 Å². The van der Waals surface area contributed by atoms with Crippen molar-refractivity contribution >= 4 is 11.6 Å². The van der Waals surface area contributed by atoms with Crippen molar-refractivity contribution in [1.82, 2.24) is 5.32 Å². The van der Waals surface area contributed by atoms with Gasteiger partial charge in [-0.2, -0.15) is 0 Å². The van der Waals surface area contributed by atoms with E-state index in [2.05, 4.69) is 60.5 Å². The van der Waals surface area contributed by atoms with E-state index in [1.165, 1.54) is 23.2 Å². The zero-order valence-electron chi connectivity index (χ0n) is 19.9. The van der Waals surface area contributed by atoms with Gasteiger partial charge in [-0.05, 0) is 72.2 Å². The van der Waals surface area contributed by atoms with E-state index < -0.39 is 0 Å². The van der Waals surface area contributed by atoms with E-state index in [1.54, 1.807) is 7.11 Å². The summed E-state index contributed by atoms with van der Waals surface area (Å²) in [7, 11) is 1.66. The van der Waals surface area contributed by atoms with E-state index in [-0.39, 0.29) is 11.9 Å². The molecule has 4 nitrogen and oxygen atoms in total. The normalized spacial score (nSPS) is 14.0. The minimum atomic E-state index is -0.0358. The molecule has 3 aromatic rings. The second-order valence-electron chi connectivity index (χ2n) is 9.28. The van der Waals surface area contributed by atoms with Crippen LogP contribution in [0.5, 0.6) is 5.75 Å². The van der Waals surface area contributed by atoms with Gasteiger partial charge in [0, 0.05) is 24.3 Å². The molecule has 4 rings (SSSR count). The lowest BCUT2D eigenvalue weighted by Crippen LogP contribution is -2.30. The molecule has 0 unspecified atom stereocenters. The Kier molecular flexibility index (Phi) is 7.33. The Hall–Kier alpha value is -3.27. The van der Waals surface area contributed by atoms with Crippen LogP contribution in [0.4, 0.5) is 5.69 Å². The van der Waals surface area contributed by atoms with Crippen LogP contribution in [0, 0.1) is 5.92 Å². The van der Waals surface area contributed by atoms with Crippen LogP contribution in [-0.2, 0) is 13.0 Å². The second-order valence-corrected chi connectivity index (χ2v) is 9.28. The zero-order valence-corrected chi connectivity index (χ0v) is 19.9. The van der Waals surface area contributed by atoms with Crippen molar-refractivity contribution in [1.29, 1.82) is 0 Å². The number of rotatable bonds is 8. The molecule has 0 radical (unpaired) electrons. The SMILES string of the molecule is COc1ccc([C@H](CC(C)C)NC(=O)c2ccc(CN3CCCc4ccccc43)cc2)cc1. The summed E-state index contributed by atoms with van der Waals surface area (Å²) in [5.74, 6) is 1.25. The average molecular weight is 443 g/mol. The molecule has 0 fully saturated rings. The number of fused-ring (bicyclic) bond motifs is 1. The van der Waals surface area contributed by atoms with Crippen molar-refractivity contribution in [2.75, 3.05) is 18.6 Å². The molecule has 1 atom stereocenters. The number of ether oxygens (including phenoxy) is 1. The predicted octanol–water partition coefficient (Wildman–Crippen LogP) is 6.17. The molecule has 4 heteroatoms. The van der Waals surface area contributed by atoms with Crippen molar-refractivity contribution in [3.8, 4) is 5.75 Å². The quantitative estimate of drug-likeness (QED) is 0.454. The number of hydrogen-bond acceptors (Lipinski definition) is 3. The van der Waals surface area contributed by atoms with Gasteiger partial charge in [0.05, 0.1) is 13.2 Å². The maximum absolute atomic E-state index is 13.1. The van der Waals surface area contributed by atoms with E-state index >= 15 is 0 Å². The molecular weight excluding hydrogens is 408 g/mol. The molecule has 33 heavy (non-hydrogen) atoms. The van der Waals surface area contributed by atoms with Crippen molar-refractivity contribution < 1.29 is 9.53 Å². The number of nitrogens with zero attached hydrogens (tertiary/aromatic N) is 1. The summed E-state index contributed by atoms with van der Waals surface area (Å²) in [5, 5.41) is 3.24. The third-order valence-corrected chi connectivity index (χ3v) is 6.33. The van der Waals surface area contributed by atoms with E-state index in [4.69, 9.17) is 4.74 Å². The van der Waals surface area contributed by atoms with Gasteiger partial charge in [0.25, 0.3) is 5.91 Å². The molecule has 0 saturated heterocycles. The number of amides is 1. The minimum absolute atomic E-state index is 0.0343. The zero-order chi connectivity index (χ0) is 23.2. The molecule has 0 aromatic heterocycles. The van der Waals surface area contributed by atoms with Gasteiger partial charge in [0.15, 0.2) is 0 Å². The molecule has 1 aliphatic rings. The molecule has 0 spiro atoms. The first-order valence-corrected chi connectivity index (χ1v) is 11.9.